The Labute approximate surface area is 75.1 Å². The molecule has 0 aliphatic rings. The number of alkyl halides is 1. The molecule has 0 aliphatic carbocycles. The van der Waals surface area contributed by atoms with Crippen molar-refractivity contribution in [3.05, 3.63) is 0 Å². The Morgan fingerprint density at radius 1 is 1.70 bits per heavy atom. The van der Waals surface area contributed by atoms with Crippen LogP contribution in [0.3, 0.4) is 0 Å². The molecule has 0 saturated heterocycles. The zero-order chi connectivity index (χ0) is 8.15. The minimum Gasteiger partial charge on any atom is -0.481 e. The molecule has 0 rings (SSSR count). The molecule has 3 heteroatoms. The summed E-state index contributed by atoms with van der Waals surface area (Å²) in [4.78, 5) is 10.5. The smallest absolute Gasteiger partial charge is 0.307 e. The van der Waals surface area contributed by atoms with Gasteiger partial charge in [0.15, 0.2) is 0 Å². The molecule has 0 aromatic heterocycles. The first-order chi connectivity index (χ1) is 4.59. The number of aliphatic carboxylic acids is 1. The van der Waals surface area contributed by atoms with Crippen molar-refractivity contribution >= 4 is 28.6 Å². The van der Waals surface area contributed by atoms with Crippen LogP contribution in [0, 0.1) is 5.92 Å². The van der Waals surface area contributed by atoms with Crippen LogP contribution in [0.15, 0.2) is 0 Å². The molecular formula is C7H13IO2. The lowest BCUT2D eigenvalue weighted by atomic mass is 10.0. The minimum absolute atomic E-state index is 0.161. The number of rotatable bonds is 4. The average molecular weight is 256 g/mol. The molecule has 0 heterocycles. The first-order valence-electron chi connectivity index (χ1n) is 3.46. The predicted octanol–water partition coefficient (Wildman–Crippen LogP) is 2.31. The first kappa shape index (κ1) is 10.2. The van der Waals surface area contributed by atoms with E-state index in [-0.39, 0.29) is 9.84 Å². The van der Waals surface area contributed by atoms with Gasteiger partial charge in [0.25, 0.3) is 0 Å². The highest BCUT2D eigenvalue weighted by Gasteiger charge is 2.20. The standard InChI is InChI=1S/C7H13IO2/c1-3-4-6(5(2)8)7(9)10/h5-6H,3-4H2,1-2H3,(H,9,10). The van der Waals surface area contributed by atoms with Crippen molar-refractivity contribution in [2.45, 2.75) is 30.6 Å². The maximum absolute atomic E-state index is 10.5. The molecule has 0 spiro atoms. The molecular weight excluding hydrogens is 243 g/mol. The highest BCUT2D eigenvalue weighted by Crippen LogP contribution is 2.18. The van der Waals surface area contributed by atoms with E-state index < -0.39 is 5.97 Å². The molecule has 0 aromatic rings. The molecule has 2 unspecified atom stereocenters. The highest BCUT2D eigenvalue weighted by atomic mass is 127. The Bertz CT molecular complexity index is 112. The first-order valence-corrected chi connectivity index (χ1v) is 4.71. The van der Waals surface area contributed by atoms with E-state index in [0.29, 0.717) is 0 Å². The van der Waals surface area contributed by atoms with E-state index in [1.54, 1.807) is 0 Å². The maximum atomic E-state index is 10.5. The Hall–Kier alpha value is 0.200. The van der Waals surface area contributed by atoms with Gasteiger partial charge in [-0.2, -0.15) is 0 Å². The van der Waals surface area contributed by atoms with Gasteiger partial charge >= 0.3 is 5.97 Å². The summed E-state index contributed by atoms with van der Waals surface area (Å²) >= 11 is 2.16. The number of carboxylic acids is 1. The van der Waals surface area contributed by atoms with Crippen LogP contribution >= 0.6 is 22.6 Å². The lowest BCUT2D eigenvalue weighted by Crippen LogP contribution is -2.20. The van der Waals surface area contributed by atoms with Gasteiger partial charge in [0.2, 0.25) is 0 Å². The van der Waals surface area contributed by atoms with Gasteiger partial charge in [-0.25, -0.2) is 0 Å². The van der Waals surface area contributed by atoms with Gasteiger partial charge in [0, 0.05) is 3.92 Å². The van der Waals surface area contributed by atoms with Crippen LogP contribution in [0.25, 0.3) is 0 Å². The van der Waals surface area contributed by atoms with Crippen molar-refractivity contribution < 1.29 is 9.90 Å². The van der Waals surface area contributed by atoms with Gasteiger partial charge in [-0.15, -0.1) is 0 Å². The second-order valence-corrected chi connectivity index (χ2v) is 4.38. The molecule has 0 aliphatic heterocycles. The third-order valence-corrected chi connectivity index (χ3v) is 2.34. The van der Waals surface area contributed by atoms with Crippen molar-refractivity contribution in [1.82, 2.24) is 0 Å². The fourth-order valence-electron chi connectivity index (χ4n) is 0.861. The normalized spacial score (nSPS) is 16.3. The molecule has 60 valence electrons. The molecule has 0 amide bonds. The molecule has 0 fully saturated rings. The minimum atomic E-state index is -0.663. The Kier molecular flexibility index (Phi) is 5.03. The molecule has 0 saturated carbocycles. The summed E-state index contributed by atoms with van der Waals surface area (Å²) in [6, 6.07) is 0. The average Bonchev–Trinajstić information content (AvgIpc) is 1.81. The largest absolute Gasteiger partial charge is 0.481 e. The van der Waals surface area contributed by atoms with Crippen LogP contribution in [0.5, 0.6) is 0 Å². The summed E-state index contributed by atoms with van der Waals surface area (Å²) in [6.45, 7) is 3.95. The van der Waals surface area contributed by atoms with Gasteiger partial charge in [-0.1, -0.05) is 42.9 Å². The van der Waals surface area contributed by atoms with Gasteiger partial charge in [-0.3, -0.25) is 4.79 Å². The van der Waals surface area contributed by atoms with Gasteiger partial charge in [-0.05, 0) is 6.42 Å². The zero-order valence-electron chi connectivity index (χ0n) is 6.30. The fourth-order valence-corrected chi connectivity index (χ4v) is 1.53. The monoisotopic (exact) mass is 256 g/mol. The quantitative estimate of drug-likeness (QED) is 0.619. The molecule has 0 bridgehead atoms. The highest BCUT2D eigenvalue weighted by molar-refractivity contribution is 14.1. The van der Waals surface area contributed by atoms with E-state index in [0.717, 1.165) is 12.8 Å². The van der Waals surface area contributed by atoms with Crippen molar-refractivity contribution in [2.24, 2.45) is 5.92 Å². The molecule has 2 nitrogen and oxygen atoms in total. The summed E-state index contributed by atoms with van der Waals surface area (Å²) in [7, 11) is 0. The van der Waals surface area contributed by atoms with Crippen LogP contribution in [0.1, 0.15) is 26.7 Å². The van der Waals surface area contributed by atoms with E-state index in [9.17, 15) is 4.79 Å². The number of hydrogen-bond donors (Lipinski definition) is 1. The van der Waals surface area contributed by atoms with Gasteiger partial charge in [0.05, 0.1) is 5.92 Å². The van der Waals surface area contributed by atoms with E-state index in [1.807, 2.05) is 13.8 Å². The second-order valence-electron chi connectivity index (χ2n) is 2.41. The molecule has 10 heavy (non-hydrogen) atoms. The lowest BCUT2D eigenvalue weighted by molar-refractivity contribution is -0.141. The second kappa shape index (κ2) is 4.93. The van der Waals surface area contributed by atoms with E-state index >= 15 is 0 Å². The third kappa shape index (κ3) is 3.39. The van der Waals surface area contributed by atoms with Crippen molar-refractivity contribution in [2.75, 3.05) is 0 Å². The van der Waals surface area contributed by atoms with Crippen LogP contribution < -0.4 is 0 Å². The van der Waals surface area contributed by atoms with E-state index in [2.05, 4.69) is 22.6 Å². The van der Waals surface area contributed by atoms with Crippen LogP contribution in [-0.2, 0) is 4.79 Å². The van der Waals surface area contributed by atoms with E-state index in [4.69, 9.17) is 5.11 Å². The van der Waals surface area contributed by atoms with Crippen LogP contribution in [0.4, 0.5) is 0 Å². The van der Waals surface area contributed by atoms with Gasteiger partial charge < -0.3 is 5.11 Å². The van der Waals surface area contributed by atoms with Crippen molar-refractivity contribution in [3.8, 4) is 0 Å². The van der Waals surface area contributed by atoms with Crippen LogP contribution in [-0.4, -0.2) is 15.0 Å². The Balaban J connectivity index is 3.85. The summed E-state index contributed by atoms with van der Waals surface area (Å²) in [6.07, 6.45) is 1.74. The third-order valence-electron chi connectivity index (χ3n) is 1.47. The Morgan fingerprint density at radius 2 is 2.20 bits per heavy atom. The van der Waals surface area contributed by atoms with Crippen LogP contribution in [0.2, 0.25) is 0 Å². The number of halogens is 1. The molecule has 1 N–H and O–H groups in total. The number of hydrogen-bond acceptors (Lipinski definition) is 1. The maximum Gasteiger partial charge on any atom is 0.307 e. The number of carbonyl (C=O) groups is 1. The molecule has 0 radical (unpaired) electrons. The zero-order valence-corrected chi connectivity index (χ0v) is 8.46. The molecule has 2 atom stereocenters. The lowest BCUT2D eigenvalue weighted by Gasteiger charge is -2.12. The topological polar surface area (TPSA) is 37.3 Å². The number of carboxylic acid groups (broad SMARTS) is 1. The summed E-state index contributed by atoms with van der Waals surface area (Å²) in [5, 5.41) is 8.67. The van der Waals surface area contributed by atoms with Crippen molar-refractivity contribution in [1.29, 1.82) is 0 Å². The van der Waals surface area contributed by atoms with Gasteiger partial charge in [0.1, 0.15) is 0 Å². The summed E-state index contributed by atoms with van der Waals surface area (Å²) in [5.41, 5.74) is 0. The summed E-state index contributed by atoms with van der Waals surface area (Å²) < 4.78 is 0.232. The molecule has 0 aromatic carbocycles. The SMILES string of the molecule is CCCC(C(=O)O)C(C)I. The summed E-state index contributed by atoms with van der Waals surface area (Å²) in [5.74, 6) is -0.825. The predicted molar refractivity (Wildman–Crippen MR) is 49.5 cm³/mol. The van der Waals surface area contributed by atoms with Crippen molar-refractivity contribution in [3.63, 3.8) is 0 Å². The van der Waals surface area contributed by atoms with E-state index in [1.165, 1.54) is 0 Å². The fraction of sp³-hybridized carbons (Fsp3) is 0.857. The Morgan fingerprint density at radius 3 is 2.30 bits per heavy atom.